The fourth-order valence-electron chi connectivity index (χ4n) is 4.53. The van der Waals surface area contributed by atoms with Gasteiger partial charge in [-0.25, -0.2) is 18.2 Å². The number of anilines is 2. The number of halogens is 3. The maximum absolute atomic E-state index is 14.8. The Morgan fingerprint density at radius 3 is 2.34 bits per heavy atom. The summed E-state index contributed by atoms with van der Waals surface area (Å²) in [5.41, 5.74) is 1.97. The van der Waals surface area contributed by atoms with Crippen molar-refractivity contribution in [1.82, 2.24) is 4.98 Å². The van der Waals surface area contributed by atoms with Crippen molar-refractivity contribution < 1.29 is 27.9 Å². The molecule has 9 heteroatoms. The van der Waals surface area contributed by atoms with Crippen LogP contribution in [0.25, 0.3) is 21.3 Å². The molecule has 1 aromatic heterocycles. The Morgan fingerprint density at radius 2 is 1.63 bits per heavy atom. The summed E-state index contributed by atoms with van der Waals surface area (Å²) in [4.78, 5) is 28.3. The van der Waals surface area contributed by atoms with Gasteiger partial charge >= 0.3 is 5.97 Å². The predicted molar refractivity (Wildman–Crippen MR) is 127 cm³/mol. The van der Waals surface area contributed by atoms with E-state index in [-0.39, 0.29) is 26.8 Å². The molecule has 1 saturated carbocycles. The number of hydrogen-bond donors (Lipinski definition) is 2. The van der Waals surface area contributed by atoms with E-state index in [1.54, 1.807) is 30.3 Å². The molecule has 3 aromatic carbocycles. The molecule has 2 atom stereocenters. The number of ketones is 1. The SMILES string of the molecule is O=C(O)C1CCCC1C(=O)c1ccc(-c2ccc(Nc3nc4cc(F)cc(F)c4s3)c(F)c2)cc1. The highest BCUT2D eigenvalue weighted by Crippen LogP contribution is 2.35. The molecule has 4 aromatic rings. The number of nitrogens with zero attached hydrogens (tertiary/aromatic N) is 1. The number of carbonyl (C=O) groups excluding carboxylic acids is 1. The molecule has 1 heterocycles. The standard InChI is InChI=1S/C26H19F3N2O3S/c27-16-11-20(29)24-22(12-16)31-26(35-24)30-21-9-8-15(10-19(21)28)13-4-6-14(7-5-13)23(32)17-2-1-3-18(17)25(33)34/h4-12,17-18H,1-3H2,(H,30,31)(H,33,34). The van der Waals surface area contributed by atoms with Crippen molar-refractivity contribution in [3.8, 4) is 11.1 Å². The predicted octanol–water partition coefficient (Wildman–Crippen LogP) is 6.81. The number of carboxylic acids is 1. The third-order valence-corrected chi connectivity index (χ3v) is 7.29. The van der Waals surface area contributed by atoms with Gasteiger partial charge in [0.25, 0.3) is 0 Å². The molecule has 1 aliphatic carbocycles. The van der Waals surface area contributed by atoms with Crippen molar-refractivity contribution in [3.63, 3.8) is 0 Å². The van der Waals surface area contributed by atoms with Gasteiger partial charge in [-0.2, -0.15) is 0 Å². The van der Waals surface area contributed by atoms with Crippen LogP contribution in [0, 0.1) is 29.3 Å². The Hall–Kier alpha value is -3.72. The van der Waals surface area contributed by atoms with Crippen LogP contribution in [-0.2, 0) is 4.79 Å². The van der Waals surface area contributed by atoms with Crippen LogP contribution in [0.1, 0.15) is 29.6 Å². The van der Waals surface area contributed by atoms with E-state index in [4.69, 9.17) is 0 Å². The van der Waals surface area contributed by atoms with Gasteiger partial charge in [-0.3, -0.25) is 9.59 Å². The minimum absolute atomic E-state index is 0.126. The first kappa shape index (κ1) is 23.0. The highest BCUT2D eigenvalue weighted by atomic mass is 32.1. The zero-order valence-corrected chi connectivity index (χ0v) is 19.0. The molecule has 2 unspecified atom stereocenters. The molecule has 2 N–H and O–H groups in total. The van der Waals surface area contributed by atoms with E-state index < -0.39 is 35.3 Å². The Labute approximate surface area is 202 Å². The van der Waals surface area contributed by atoms with Gasteiger partial charge in [-0.05, 0) is 36.1 Å². The van der Waals surface area contributed by atoms with Crippen LogP contribution >= 0.6 is 11.3 Å². The highest BCUT2D eigenvalue weighted by molar-refractivity contribution is 7.22. The number of nitrogens with one attached hydrogen (secondary N) is 1. The van der Waals surface area contributed by atoms with Crippen molar-refractivity contribution >= 4 is 44.1 Å². The van der Waals surface area contributed by atoms with Gasteiger partial charge in [-0.1, -0.05) is 48.1 Å². The molecule has 0 radical (unpaired) electrons. The summed E-state index contributed by atoms with van der Waals surface area (Å²) in [6.45, 7) is 0. The van der Waals surface area contributed by atoms with Crippen molar-refractivity contribution in [2.24, 2.45) is 11.8 Å². The summed E-state index contributed by atoms with van der Waals surface area (Å²) in [5, 5.41) is 12.4. The topological polar surface area (TPSA) is 79.3 Å². The lowest BCUT2D eigenvalue weighted by molar-refractivity contribution is -0.142. The number of carbonyl (C=O) groups is 2. The molecule has 1 fully saturated rings. The molecule has 178 valence electrons. The lowest BCUT2D eigenvalue weighted by Crippen LogP contribution is -2.25. The molecule has 0 spiro atoms. The van der Waals surface area contributed by atoms with Crippen LogP contribution in [-0.4, -0.2) is 21.8 Å². The molecule has 0 amide bonds. The summed E-state index contributed by atoms with van der Waals surface area (Å²) in [5.74, 6) is -4.32. The van der Waals surface area contributed by atoms with E-state index in [2.05, 4.69) is 10.3 Å². The second kappa shape index (κ2) is 9.14. The first-order valence-electron chi connectivity index (χ1n) is 11.0. The van der Waals surface area contributed by atoms with Gasteiger partial charge in [-0.15, -0.1) is 0 Å². The van der Waals surface area contributed by atoms with Gasteiger partial charge in [0.05, 0.1) is 21.8 Å². The number of Topliss-reactive ketones (excluding diaryl/α,β-unsaturated/α-hetero) is 1. The first-order valence-corrected chi connectivity index (χ1v) is 11.8. The zero-order chi connectivity index (χ0) is 24.7. The fourth-order valence-corrected chi connectivity index (χ4v) is 5.40. The highest BCUT2D eigenvalue weighted by Gasteiger charge is 2.37. The number of carboxylic acid groups (broad SMARTS) is 1. The third-order valence-electron chi connectivity index (χ3n) is 6.29. The van der Waals surface area contributed by atoms with E-state index in [0.29, 0.717) is 36.0 Å². The van der Waals surface area contributed by atoms with E-state index in [9.17, 15) is 27.9 Å². The van der Waals surface area contributed by atoms with Crippen molar-refractivity contribution in [1.29, 1.82) is 0 Å². The Bertz CT molecular complexity index is 1450. The number of hydrogen-bond acceptors (Lipinski definition) is 5. The van der Waals surface area contributed by atoms with E-state index in [0.717, 1.165) is 23.5 Å². The summed E-state index contributed by atoms with van der Waals surface area (Å²) < 4.78 is 42.3. The Kier molecular flexibility index (Phi) is 6.02. The lowest BCUT2D eigenvalue weighted by Gasteiger charge is -2.15. The van der Waals surface area contributed by atoms with Gasteiger partial charge in [0.15, 0.2) is 10.9 Å². The molecular formula is C26H19F3N2O3S. The number of rotatable bonds is 6. The number of aliphatic carboxylic acids is 1. The second-order valence-electron chi connectivity index (χ2n) is 8.50. The number of fused-ring (bicyclic) bond motifs is 1. The molecule has 35 heavy (non-hydrogen) atoms. The average molecular weight is 497 g/mol. The summed E-state index contributed by atoms with van der Waals surface area (Å²) >= 11 is 0.954. The fraction of sp³-hybridized carbons (Fsp3) is 0.192. The zero-order valence-electron chi connectivity index (χ0n) is 18.2. The quantitative estimate of drug-likeness (QED) is 0.287. The van der Waals surface area contributed by atoms with E-state index in [1.165, 1.54) is 12.1 Å². The lowest BCUT2D eigenvalue weighted by atomic mass is 9.88. The monoisotopic (exact) mass is 496 g/mol. The normalized spacial score (nSPS) is 17.6. The molecule has 5 nitrogen and oxygen atoms in total. The maximum atomic E-state index is 14.8. The third kappa shape index (κ3) is 4.51. The van der Waals surface area contributed by atoms with Crippen LogP contribution < -0.4 is 5.32 Å². The van der Waals surface area contributed by atoms with E-state index >= 15 is 0 Å². The summed E-state index contributed by atoms with van der Waals surface area (Å²) in [6, 6.07) is 13.1. The number of benzene rings is 3. The Morgan fingerprint density at radius 1 is 0.914 bits per heavy atom. The van der Waals surface area contributed by atoms with Gasteiger partial charge < -0.3 is 10.4 Å². The summed E-state index contributed by atoms with van der Waals surface area (Å²) in [7, 11) is 0. The first-order chi connectivity index (χ1) is 16.8. The van der Waals surface area contributed by atoms with Gasteiger partial charge in [0, 0.05) is 23.6 Å². The molecular weight excluding hydrogens is 477 g/mol. The van der Waals surface area contributed by atoms with Crippen LogP contribution in [0.5, 0.6) is 0 Å². The van der Waals surface area contributed by atoms with E-state index in [1.807, 2.05) is 0 Å². The molecule has 0 bridgehead atoms. The van der Waals surface area contributed by atoms with Crippen LogP contribution in [0.15, 0.2) is 54.6 Å². The minimum Gasteiger partial charge on any atom is -0.481 e. The molecule has 5 rings (SSSR count). The van der Waals surface area contributed by atoms with Gasteiger partial charge in [0.2, 0.25) is 0 Å². The van der Waals surface area contributed by atoms with Crippen LogP contribution in [0.4, 0.5) is 24.0 Å². The number of thiazole rings is 1. The molecule has 1 aliphatic rings. The van der Waals surface area contributed by atoms with Crippen molar-refractivity contribution in [2.75, 3.05) is 5.32 Å². The maximum Gasteiger partial charge on any atom is 0.307 e. The van der Waals surface area contributed by atoms with Crippen molar-refractivity contribution in [3.05, 3.63) is 77.6 Å². The summed E-state index contributed by atoms with van der Waals surface area (Å²) in [6.07, 6.45) is 1.79. The smallest absolute Gasteiger partial charge is 0.307 e. The van der Waals surface area contributed by atoms with Crippen LogP contribution in [0.3, 0.4) is 0 Å². The number of aromatic nitrogens is 1. The van der Waals surface area contributed by atoms with Gasteiger partial charge in [0.1, 0.15) is 17.5 Å². The van der Waals surface area contributed by atoms with Crippen LogP contribution in [0.2, 0.25) is 0 Å². The van der Waals surface area contributed by atoms with Crippen molar-refractivity contribution in [2.45, 2.75) is 19.3 Å². The molecule has 0 aliphatic heterocycles. The average Bonchev–Trinajstić information content (AvgIpc) is 3.47. The second-order valence-corrected chi connectivity index (χ2v) is 9.50. The Balaban J connectivity index is 1.33. The minimum atomic E-state index is -0.940. The molecule has 0 saturated heterocycles. The largest absolute Gasteiger partial charge is 0.481 e.